The second-order valence-electron chi connectivity index (χ2n) is 7.08. The summed E-state index contributed by atoms with van der Waals surface area (Å²) in [7, 11) is 0. The molecule has 32 heavy (non-hydrogen) atoms. The summed E-state index contributed by atoms with van der Waals surface area (Å²) in [6.07, 6.45) is 1.95. The van der Waals surface area contributed by atoms with Crippen molar-refractivity contribution in [3.05, 3.63) is 101 Å². The number of para-hydroxylation sites is 1. The number of halogens is 1. The number of hydrogen-bond acceptors (Lipinski definition) is 4. The molecule has 0 bridgehead atoms. The molecule has 162 valence electrons. The van der Waals surface area contributed by atoms with Crippen molar-refractivity contribution >= 4 is 17.5 Å². The van der Waals surface area contributed by atoms with E-state index in [1.807, 2.05) is 65.5 Å². The Balaban J connectivity index is 1.55. The van der Waals surface area contributed by atoms with E-state index in [1.165, 1.54) is 0 Å². The fraction of sp³-hybridized carbons (Fsp3) is 0.120. The zero-order valence-electron chi connectivity index (χ0n) is 17.2. The van der Waals surface area contributed by atoms with Gasteiger partial charge in [0.2, 0.25) is 0 Å². The summed E-state index contributed by atoms with van der Waals surface area (Å²) in [5.41, 5.74) is 4.13. The molecule has 0 aliphatic heterocycles. The first-order valence-corrected chi connectivity index (χ1v) is 10.5. The molecule has 0 fully saturated rings. The van der Waals surface area contributed by atoms with Crippen LogP contribution in [0.2, 0.25) is 5.02 Å². The molecule has 3 aromatic carbocycles. The topological polar surface area (TPSA) is 76.4 Å². The van der Waals surface area contributed by atoms with Crippen molar-refractivity contribution in [3.63, 3.8) is 0 Å². The minimum Gasteiger partial charge on any atom is -0.489 e. The molecular formula is C25H22ClN3O3. The van der Waals surface area contributed by atoms with Crippen LogP contribution in [0.4, 0.5) is 0 Å². The predicted octanol–water partition coefficient (Wildman–Crippen LogP) is 4.49. The van der Waals surface area contributed by atoms with Crippen molar-refractivity contribution in [2.75, 3.05) is 13.2 Å². The van der Waals surface area contributed by atoms with Crippen molar-refractivity contribution in [1.82, 2.24) is 15.1 Å². The van der Waals surface area contributed by atoms with Crippen molar-refractivity contribution in [3.8, 4) is 22.7 Å². The zero-order valence-corrected chi connectivity index (χ0v) is 18.0. The van der Waals surface area contributed by atoms with Crippen LogP contribution < -0.4 is 10.1 Å². The van der Waals surface area contributed by atoms with E-state index >= 15 is 0 Å². The van der Waals surface area contributed by atoms with E-state index in [2.05, 4.69) is 5.32 Å². The lowest BCUT2D eigenvalue weighted by Crippen LogP contribution is -2.26. The van der Waals surface area contributed by atoms with Crippen molar-refractivity contribution in [2.24, 2.45) is 0 Å². The van der Waals surface area contributed by atoms with E-state index in [4.69, 9.17) is 26.5 Å². The molecule has 1 aromatic heterocycles. The van der Waals surface area contributed by atoms with Gasteiger partial charge in [-0.3, -0.25) is 4.79 Å². The molecule has 1 amide bonds. The molecule has 4 aromatic rings. The van der Waals surface area contributed by atoms with Crippen LogP contribution in [0.25, 0.3) is 16.9 Å². The molecule has 0 atom stereocenters. The van der Waals surface area contributed by atoms with Crippen molar-refractivity contribution < 1.29 is 14.6 Å². The number of aliphatic hydroxyl groups excluding tert-OH is 1. The average Bonchev–Trinajstić information content (AvgIpc) is 3.27. The number of ether oxygens (including phenoxy) is 1. The van der Waals surface area contributed by atoms with Crippen LogP contribution >= 0.6 is 11.6 Å². The van der Waals surface area contributed by atoms with Gasteiger partial charge in [-0.25, -0.2) is 4.68 Å². The molecule has 7 heteroatoms. The van der Waals surface area contributed by atoms with Gasteiger partial charge in [0.05, 0.1) is 18.0 Å². The molecule has 1 heterocycles. The molecule has 0 spiro atoms. The van der Waals surface area contributed by atoms with E-state index < -0.39 is 0 Å². The smallest absolute Gasteiger partial charge is 0.251 e. The summed E-state index contributed by atoms with van der Waals surface area (Å²) in [4.78, 5) is 12.0. The van der Waals surface area contributed by atoms with Crippen LogP contribution in [-0.4, -0.2) is 33.9 Å². The summed E-state index contributed by atoms with van der Waals surface area (Å²) >= 11 is 6.05. The summed E-state index contributed by atoms with van der Waals surface area (Å²) in [6, 6.07) is 24.3. The van der Waals surface area contributed by atoms with Gasteiger partial charge in [0, 0.05) is 34.5 Å². The number of aromatic nitrogens is 2. The highest BCUT2D eigenvalue weighted by atomic mass is 35.5. The van der Waals surface area contributed by atoms with Crippen LogP contribution in [0.1, 0.15) is 15.9 Å². The molecule has 0 radical (unpaired) electrons. The van der Waals surface area contributed by atoms with E-state index in [-0.39, 0.29) is 19.1 Å². The molecule has 0 aliphatic rings. The Hall–Kier alpha value is -3.61. The summed E-state index contributed by atoms with van der Waals surface area (Å²) in [5, 5.41) is 16.9. The van der Waals surface area contributed by atoms with E-state index in [0.29, 0.717) is 22.9 Å². The number of hydrogen-bond donors (Lipinski definition) is 2. The van der Waals surface area contributed by atoms with E-state index in [9.17, 15) is 4.79 Å². The highest BCUT2D eigenvalue weighted by Crippen LogP contribution is 2.26. The molecule has 0 unspecified atom stereocenters. The van der Waals surface area contributed by atoms with Crippen molar-refractivity contribution in [1.29, 1.82) is 0 Å². The molecule has 2 N–H and O–H groups in total. The highest BCUT2D eigenvalue weighted by molar-refractivity contribution is 6.30. The van der Waals surface area contributed by atoms with Gasteiger partial charge in [-0.05, 0) is 48.5 Å². The second kappa shape index (κ2) is 10.1. The first-order valence-electron chi connectivity index (χ1n) is 10.2. The first-order chi connectivity index (χ1) is 15.6. The Morgan fingerprint density at radius 3 is 2.41 bits per heavy atom. The maximum absolute atomic E-state index is 12.0. The molecule has 0 saturated heterocycles. The molecule has 0 aliphatic carbocycles. The number of rotatable bonds is 8. The highest BCUT2D eigenvalue weighted by Gasteiger charge is 2.14. The van der Waals surface area contributed by atoms with Gasteiger partial charge in [-0.15, -0.1) is 0 Å². The lowest BCUT2D eigenvalue weighted by atomic mass is 10.1. The van der Waals surface area contributed by atoms with Gasteiger partial charge in [0.15, 0.2) is 0 Å². The normalized spacial score (nSPS) is 10.7. The molecular weight excluding hydrogens is 426 g/mol. The first kappa shape index (κ1) is 21.6. The van der Waals surface area contributed by atoms with Gasteiger partial charge in [0.25, 0.3) is 5.91 Å². The number of carbonyl (C=O) groups excluding carboxylic acids is 1. The fourth-order valence-electron chi connectivity index (χ4n) is 3.21. The average molecular weight is 448 g/mol. The fourth-order valence-corrected chi connectivity index (χ4v) is 3.34. The van der Waals surface area contributed by atoms with Gasteiger partial charge in [0.1, 0.15) is 12.4 Å². The Morgan fingerprint density at radius 1 is 1.00 bits per heavy atom. The summed E-state index contributed by atoms with van der Waals surface area (Å²) in [5.74, 6) is 0.401. The van der Waals surface area contributed by atoms with Gasteiger partial charge >= 0.3 is 0 Å². The van der Waals surface area contributed by atoms with E-state index in [1.54, 1.807) is 24.3 Å². The third-order valence-electron chi connectivity index (χ3n) is 4.84. The maximum Gasteiger partial charge on any atom is 0.251 e. The Bertz CT molecular complexity index is 1170. The lowest BCUT2D eigenvalue weighted by molar-refractivity contribution is 0.0944. The Labute approximate surface area is 191 Å². The van der Waals surface area contributed by atoms with Crippen LogP contribution in [0, 0.1) is 0 Å². The monoisotopic (exact) mass is 447 g/mol. The summed E-state index contributed by atoms with van der Waals surface area (Å²) < 4.78 is 7.82. The quantitative estimate of drug-likeness (QED) is 0.417. The second-order valence-corrected chi connectivity index (χ2v) is 7.52. The number of nitrogens with one attached hydrogen (secondary N) is 1. The molecule has 0 saturated carbocycles. The van der Waals surface area contributed by atoms with E-state index in [0.717, 1.165) is 22.5 Å². The van der Waals surface area contributed by atoms with Crippen molar-refractivity contribution in [2.45, 2.75) is 6.61 Å². The number of nitrogens with zero attached hydrogens (tertiary/aromatic N) is 2. The van der Waals surface area contributed by atoms with Gasteiger partial charge in [-0.2, -0.15) is 5.10 Å². The third-order valence-corrected chi connectivity index (χ3v) is 5.09. The predicted molar refractivity (Wildman–Crippen MR) is 124 cm³/mol. The molecule has 6 nitrogen and oxygen atoms in total. The van der Waals surface area contributed by atoms with Crippen LogP contribution in [0.15, 0.2) is 85.1 Å². The largest absolute Gasteiger partial charge is 0.489 e. The zero-order chi connectivity index (χ0) is 22.3. The third kappa shape index (κ3) is 5.17. The summed E-state index contributed by atoms with van der Waals surface area (Å²) in [6.45, 7) is 0.427. The van der Waals surface area contributed by atoms with Crippen LogP contribution in [-0.2, 0) is 6.61 Å². The Kier molecular flexibility index (Phi) is 6.84. The Morgan fingerprint density at radius 2 is 1.72 bits per heavy atom. The van der Waals surface area contributed by atoms with Gasteiger partial charge < -0.3 is 15.2 Å². The number of carbonyl (C=O) groups is 1. The SMILES string of the molecule is O=C(NCCO)c1ccc(OCc2cn(-c3ccccc3)nc2-c2ccc(Cl)cc2)cc1. The van der Waals surface area contributed by atoms with Gasteiger partial charge in [-0.1, -0.05) is 41.9 Å². The van der Waals surface area contributed by atoms with Crippen LogP contribution in [0.3, 0.4) is 0 Å². The number of amides is 1. The lowest BCUT2D eigenvalue weighted by Gasteiger charge is -2.08. The standard InChI is InChI=1S/C25H22ClN3O3/c26-21-10-6-18(7-11-21)24-20(16-29(28-24)22-4-2-1-3-5-22)17-32-23-12-8-19(9-13-23)25(31)27-14-15-30/h1-13,16,30H,14-15,17H2,(H,27,31). The maximum atomic E-state index is 12.0. The number of benzene rings is 3. The molecule has 4 rings (SSSR count). The van der Waals surface area contributed by atoms with Crippen LogP contribution in [0.5, 0.6) is 5.75 Å². The minimum atomic E-state index is -0.236. The number of aliphatic hydroxyl groups is 1. The minimum absolute atomic E-state index is 0.0977.